The van der Waals surface area contributed by atoms with Crippen LogP contribution in [0.3, 0.4) is 0 Å². The maximum atomic E-state index is 10.4. The van der Waals surface area contributed by atoms with Crippen LogP contribution in [0.5, 0.6) is 5.75 Å². The lowest BCUT2D eigenvalue weighted by Gasteiger charge is -2.57. The Bertz CT molecular complexity index is 664. The minimum atomic E-state index is -0.475. The van der Waals surface area contributed by atoms with E-state index in [4.69, 9.17) is 9.84 Å². The Hall–Kier alpha value is -1.14. The highest BCUT2D eigenvalue weighted by Crippen LogP contribution is 2.60. The second-order valence-corrected chi connectivity index (χ2v) is 10.6. The van der Waals surface area contributed by atoms with Gasteiger partial charge in [-0.05, 0) is 79.4 Å². The van der Waals surface area contributed by atoms with Gasteiger partial charge >= 0.3 is 0 Å². The molecule has 4 bridgehead atoms. The van der Waals surface area contributed by atoms with E-state index < -0.39 is 6.10 Å². The number of rotatable bonds is 8. The summed E-state index contributed by atoms with van der Waals surface area (Å²) in [4.78, 5) is 4.56. The number of benzene rings is 1. The van der Waals surface area contributed by atoms with Crippen LogP contribution in [0.1, 0.15) is 44.1 Å². The van der Waals surface area contributed by atoms with Crippen LogP contribution in [0.4, 0.5) is 0 Å². The van der Waals surface area contributed by atoms with E-state index in [2.05, 4.69) is 34.1 Å². The van der Waals surface area contributed by atoms with Gasteiger partial charge in [0.15, 0.2) is 0 Å². The molecule has 0 spiro atoms. The number of β-amino-alcohol motifs (C(OH)–C–C–N with tert-alkyl or cyclic N) is 2. The molecule has 1 aromatic rings. The van der Waals surface area contributed by atoms with Crippen molar-refractivity contribution in [3.63, 3.8) is 0 Å². The largest absolute Gasteiger partial charge is 0.491 e. The summed E-state index contributed by atoms with van der Waals surface area (Å²) >= 11 is 0. The second-order valence-electron chi connectivity index (χ2n) is 10.6. The first kappa shape index (κ1) is 20.7. The van der Waals surface area contributed by atoms with Crippen molar-refractivity contribution in [3.05, 3.63) is 29.8 Å². The standard InChI is InChI=1S/C25H38N2O3/c28-10-9-26-5-7-27(8-6-26)17-23(29)18-30-24-3-1-22(2-4-24)25-14-19-11-20(15-25)13-21(12-19)16-25/h1-4,19-21,23,28-29H,5-18H2/t19?,20?,21?,23-,25?/m0/s1. The van der Waals surface area contributed by atoms with Crippen LogP contribution in [0, 0.1) is 17.8 Å². The highest BCUT2D eigenvalue weighted by molar-refractivity contribution is 5.34. The van der Waals surface area contributed by atoms with Gasteiger partial charge in [0.25, 0.3) is 0 Å². The average molecular weight is 415 g/mol. The first-order valence-electron chi connectivity index (χ1n) is 12.1. The number of ether oxygens (including phenoxy) is 1. The predicted octanol–water partition coefficient (Wildman–Crippen LogP) is 2.50. The fraction of sp³-hybridized carbons (Fsp3) is 0.760. The smallest absolute Gasteiger partial charge is 0.119 e. The Labute approximate surface area is 181 Å². The molecule has 0 unspecified atom stereocenters. The van der Waals surface area contributed by atoms with E-state index in [1.165, 1.54) is 44.1 Å². The van der Waals surface area contributed by atoms with E-state index in [0.29, 0.717) is 18.6 Å². The lowest BCUT2D eigenvalue weighted by atomic mass is 9.48. The first-order chi connectivity index (χ1) is 14.6. The minimum absolute atomic E-state index is 0.220. The molecule has 1 heterocycles. The van der Waals surface area contributed by atoms with E-state index in [0.717, 1.165) is 56.2 Å². The molecule has 5 nitrogen and oxygen atoms in total. The maximum Gasteiger partial charge on any atom is 0.119 e. The Balaban J connectivity index is 1.10. The SMILES string of the molecule is OCCN1CCN(C[C@H](O)COc2ccc(C34CC5CC(CC(C5)C3)C4)cc2)CC1. The van der Waals surface area contributed by atoms with Crippen LogP contribution < -0.4 is 4.74 Å². The number of aliphatic hydroxyl groups is 2. The monoisotopic (exact) mass is 414 g/mol. The van der Waals surface area contributed by atoms with E-state index in [1.807, 2.05) is 0 Å². The number of hydrogen-bond acceptors (Lipinski definition) is 5. The van der Waals surface area contributed by atoms with Gasteiger partial charge < -0.3 is 14.9 Å². The zero-order chi connectivity index (χ0) is 20.6. The molecule has 30 heavy (non-hydrogen) atoms. The highest BCUT2D eigenvalue weighted by Gasteiger charge is 2.51. The van der Waals surface area contributed by atoms with Crippen molar-refractivity contribution in [2.24, 2.45) is 17.8 Å². The van der Waals surface area contributed by atoms with Gasteiger partial charge in [-0.2, -0.15) is 0 Å². The third-order valence-electron chi connectivity index (χ3n) is 8.30. The molecule has 5 heteroatoms. The number of aliphatic hydroxyl groups excluding tert-OH is 2. The molecule has 1 saturated heterocycles. The van der Waals surface area contributed by atoms with Gasteiger partial charge in [-0.15, -0.1) is 0 Å². The third kappa shape index (κ3) is 4.40. The van der Waals surface area contributed by atoms with E-state index in [-0.39, 0.29) is 6.61 Å². The summed E-state index contributed by atoms with van der Waals surface area (Å²) in [6.45, 7) is 5.76. The molecule has 5 aliphatic rings. The summed E-state index contributed by atoms with van der Waals surface area (Å²) < 4.78 is 5.92. The Morgan fingerprint density at radius 1 is 0.900 bits per heavy atom. The van der Waals surface area contributed by atoms with Gasteiger partial charge in [0.05, 0.1) is 6.61 Å². The zero-order valence-electron chi connectivity index (χ0n) is 18.2. The molecule has 1 atom stereocenters. The van der Waals surface area contributed by atoms with E-state index in [1.54, 1.807) is 0 Å². The molecule has 2 N–H and O–H groups in total. The van der Waals surface area contributed by atoms with Crippen LogP contribution in [-0.4, -0.2) is 78.6 Å². The normalized spacial score (nSPS) is 34.9. The van der Waals surface area contributed by atoms with Crippen LogP contribution in [0.25, 0.3) is 0 Å². The van der Waals surface area contributed by atoms with Crippen molar-refractivity contribution in [2.75, 3.05) is 52.5 Å². The Morgan fingerprint density at radius 2 is 1.47 bits per heavy atom. The summed E-state index contributed by atoms with van der Waals surface area (Å²) in [5, 5.41) is 19.5. The molecule has 0 aromatic heterocycles. The Kier molecular flexibility index (Phi) is 6.07. The first-order valence-corrected chi connectivity index (χ1v) is 12.1. The fourth-order valence-electron chi connectivity index (χ4n) is 7.25. The third-order valence-corrected chi connectivity index (χ3v) is 8.30. The van der Waals surface area contributed by atoms with Gasteiger partial charge in [0.1, 0.15) is 18.5 Å². The molecule has 1 aliphatic heterocycles. The second kappa shape index (κ2) is 8.78. The number of piperazine rings is 1. The Morgan fingerprint density at radius 3 is 2.03 bits per heavy atom. The summed E-state index contributed by atoms with van der Waals surface area (Å²) in [6.07, 6.45) is 8.15. The van der Waals surface area contributed by atoms with Crippen molar-refractivity contribution < 1.29 is 14.9 Å². The zero-order valence-corrected chi connectivity index (χ0v) is 18.2. The van der Waals surface area contributed by atoms with E-state index >= 15 is 0 Å². The number of hydrogen-bond donors (Lipinski definition) is 2. The predicted molar refractivity (Wildman–Crippen MR) is 118 cm³/mol. The van der Waals surface area contributed by atoms with Crippen molar-refractivity contribution in [1.82, 2.24) is 9.80 Å². The molecule has 4 aliphatic carbocycles. The molecule has 166 valence electrons. The van der Waals surface area contributed by atoms with Gasteiger partial charge in [-0.1, -0.05) is 12.1 Å². The molecule has 1 aromatic carbocycles. The molecule has 4 saturated carbocycles. The van der Waals surface area contributed by atoms with Crippen molar-refractivity contribution in [3.8, 4) is 5.75 Å². The fourth-order valence-corrected chi connectivity index (χ4v) is 7.25. The minimum Gasteiger partial charge on any atom is -0.491 e. The highest BCUT2D eigenvalue weighted by atomic mass is 16.5. The quantitative estimate of drug-likeness (QED) is 0.685. The van der Waals surface area contributed by atoms with Crippen molar-refractivity contribution >= 4 is 0 Å². The summed E-state index contributed by atoms with van der Waals surface area (Å²) in [7, 11) is 0. The molecule has 6 rings (SSSR count). The van der Waals surface area contributed by atoms with Gasteiger partial charge in [0.2, 0.25) is 0 Å². The molecule has 0 radical (unpaired) electrons. The van der Waals surface area contributed by atoms with Crippen LogP contribution in [0.15, 0.2) is 24.3 Å². The topological polar surface area (TPSA) is 56.2 Å². The molecule has 0 amide bonds. The maximum absolute atomic E-state index is 10.4. The van der Waals surface area contributed by atoms with Crippen LogP contribution in [-0.2, 0) is 5.41 Å². The van der Waals surface area contributed by atoms with E-state index in [9.17, 15) is 5.11 Å². The summed E-state index contributed by atoms with van der Waals surface area (Å²) in [5.74, 6) is 3.77. The molecular formula is C25H38N2O3. The van der Waals surface area contributed by atoms with Gasteiger partial charge in [0, 0.05) is 39.3 Å². The van der Waals surface area contributed by atoms with Crippen LogP contribution >= 0.6 is 0 Å². The average Bonchev–Trinajstić information content (AvgIpc) is 2.73. The van der Waals surface area contributed by atoms with Crippen LogP contribution in [0.2, 0.25) is 0 Å². The van der Waals surface area contributed by atoms with Gasteiger partial charge in [-0.3, -0.25) is 9.80 Å². The molecular weight excluding hydrogens is 376 g/mol. The lowest BCUT2D eigenvalue weighted by molar-refractivity contribution is -0.00522. The molecule has 5 fully saturated rings. The van der Waals surface area contributed by atoms with Gasteiger partial charge in [-0.25, -0.2) is 0 Å². The van der Waals surface area contributed by atoms with Crippen molar-refractivity contribution in [2.45, 2.75) is 50.0 Å². The summed E-state index contributed by atoms with van der Waals surface area (Å²) in [6, 6.07) is 8.84. The van der Waals surface area contributed by atoms with Crippen molar-refractivity contribution in [1.29, 1.82) is 0 Å². The summed E-state index contributed by atoms with van der Waals surface area (Å²) in [5.41, 5.74) is 1.96. The number of nitrogens with zero attached hydrogens (tertiary/aromatic N) is 2. The lowest BCUT2D eigenvalue weighted by Crippen LogP contribution is -2.49.